The maximum atomic E-state index is 3.52. The fourth-order valence-corrected chi connectivity index (χ4v) is 9.84. The molecule has 0 aromatic carbocycles. The van der Waals surface area contributed by atoms with Crippen molar-refractivity contribution in [2.75, 3.05) is 0 Å². The Morgan fingerprint density at radius 3 is 1.45 bits per heavy atom. The maximum Gasteiger partial charge on any atom is 0.232 e. The smallest absolute Gasteiger partial charge is 0.0428 e. The summed E-state index contributed by atoms with van der Waals surface area (Å²) in [6.07, 6.45) is 0. The third-order valence-corrected chi connectivity index (χ3v) is 10.8. The van der Waals surface area contributed by atoms with Crippen molar-refractivity contribution in [3.8, 4) is 0 Å². The molecule has 0 N–H and O–H groups in total. The lowest BCUT2D eigenvalue weighted by atomic mass is 10.7. The van der Waals surface area contributed by atoms with E-state index in [1.807, 2.05) is 0 Å². The van der Waals surface area contributed by atoms with E-state index in [-0.39, 0.29) is 10.5 Å². The summed E-state index contributed by atoms with van der Waals surface area (Å²) in [7, 11) is 0.132. The first-order chi connectivity index (χ1) is 5.09. The van der Waals surface area contributed by atoms with Gasteiger partial charge in [0, 0.05) is 42.3 Å². The highest BCUT2D eigenvalue weighted by molar-refractivity contribution is 9.16. The normalized spacial score (nSPS) is 10.6. The zero-order valence-corrected chi connectivity index (χ0v) is 13.8. The van der Waals surface area contributed by atoms with Crippen molar-refractivity contribution in [2.24, 2.45) is 0 Å². The number of rotatable bonds is 1. The molecule has 0 radical (unpaired) electrons. The van der Waals surface area contributed by atoms with Crippen LogP contribution in [0.3, 0.4) is 0 Å². The van der Waals surface area contributed by atoms with Crippen LogP contribution in [-0.2, 0) is 4.66 Å². The second-order valence-electron chi connectivity index (χ2n) is 1.68. The minimum Gasteiger partial charge on any atom is -0.0428 e. The monoisotopic (exact) mass is 489 g/mol. The van der Waals surface area contributed by atoms with E-state index in [0.29, 0.717) is 0 Å². The van der Waals surface area contributed by atoms with Gasteiger partial charge in [0.1, 0.15) is 8.95 Å². The maximum absolute atomic E-state index is 3.52. The van der Waals surface area contributed by atoms with Gasteiger partial charge in [-0.2, -0.15) is 0 Å². The highest BCUT2D eigenvalue weighted by Crippen LogP contribution is 2.52. The average molecular weight is 494 g/mol. The molecule has 0 aliphatic heterocycles. The molecule has 0 atom stereocenters. The molecule has 0 unspecified atom stereocenters. The van der Waals surface area contributed by atoms with Crippen molar-refractivity contribution in [3.63, 3.8) is 0 Å². The van der Waals surface area contributed by atoms with Crippen LogP contribution in [0.25, 0.3) is 0 Å². The molecule has 11 heavy (non-hydrogen) atoms. The van der Waals surface area contributed by atoms with Crippen LogP contribution in [0.2, 0.25) is 0 Å². The SMILES string of the molecule is BrC[s+]1c(Br)c(Br)c(Br)c1Br. The summed E-state index contributed by atoms with van der Waals surface area (Å²) < 4.78 is 5.55. The minimum atomic E-state index is 0.132. The predicted octanol–water partition coefficient (Wildman–Crippen LogP) is 5.84. The second-order valence-corrected chi connectivity index (χ2v) is 9.09. The Morgan fingerprint density at radius 2 is 1.27 bits per heavy atom. The molecular weight excluding hydrogens is 492 g/mol. The highest BCUT2D eigenvalue weighted by Gasteiger charge is 2.26. The van der Waals surface area contributed by atoms with Crippen LogP contribution < -0.4 is 0 Å². The Morgan fingerprint density at radius 1 is 0.909 bits per heavy atom. The van der Waals surface area contributed by atoms with Gasteiger partial charge in [0.25, 0.3) is 0 Å². The van der Waals surface area contributed by atoms with Crippen LogP contribution in [-0.4, -0.2) is 0 Å². The lowest BCUT2D eigenvalue weighted by Gasteiger charge is -1.81. The fourth-order valence-electron chi connectivity index (χ4n) is 0.563. The van der Waals surface area contributed by atoms with Crippen molar-refractivity contribution in [3.05, 3.63) is 16.5 Å². The molecule has 1 rings (SSSR count). The molecule has 1 heterocycles. The number of hydrogen-bond acceptors (Lipinski definition) is 0. The fraction of sp³-hybridized carbons (Fsp3) is 0.200. The number of alkyl halides is 1. The van der Waals surface area contributed by atoms with Crippen molar-refractivity contribution >= 4 is 90.1 Å². The van der Waals surface area contributed by atoms with Crippen LogP contribution in [0.5, 0.6) is 0 Å². The predicted molar refractivity (Wildman–Crippen MR) is 68.6 cm³/mol. The van der Waals surface area contributed by atoms with Gasteiger partial charge in [-0.25, -0.2) is 0 Å². The topological polar surface area (TPSA) is 0 Å². The third kappa shape index (κ3) is 2.13. The number of hydrogen-bond donors (Lipinski definition) is 0. The van der Waals surface area contributed by atoms with Crippen LogP contribution in [0, 0.1) is 0 Å². The summed E-state index contributed by atoms with van der Waals surface area (Å²) in [6.45, 7) is 0. The molecular formula is C5H2Br5S+. The largest absolute Gasteiger partial charge is 0.232 e. The Kier molecular flexibility index (Phi) is 4.62. The van der Waals surface area contributed by atoms with E-state index in [4.69, 9.17) is 0 Å². The van der Waals surface area contributed by atoms with Gasteiger partial charge in [-0.15, -0.1) is 0 Å². The zero-order chi connectivity index (χ0) is 8.59. The van der Waals surface area contributed by atoms with Crippen molar-refractivity contribution in [1.29, 1.82) is 0 Å². The van der Waals surface area contributed by atoms with Crippen LogP contribution >= 0.6 is 90.1 Å². The lowest BCUT2D eigenvalue weighted by Crippen LogP contribution is -1.56. The van der Waals surface area contributed by atoms with Gasteiger partial charge in [0.15, 0.2) is 4.66 Å². The second kappa shape index (κ2) is 4.55. The summed E-state index contributed by atoms with van der Waals surface area (Å²) in [5, 5.41) is 0. The van der Waals surface area contributed by atoms with E-state index < -0.39 is 0 Å². The molecule has 0 spiro atoms. The summed E-state index contributed by atoms with van der Waals surface area (Å²) in [4.78, 5) is 0. The first-order valence-corrected chi connectivity index (χ1v) is 8.16. The molecule has 0 saturated heterocycles. The van der Waals surface area contributed by atoms with Crippen molar-refractivity contribution in [2.45, 2.75) is 4.66 Å². The summed E-state index contributed by atoms with van der Waals surface area (Å²) in [5.41, 5.74) is 0. The van der Waals surface area contributed by atoms with Gasteiger partial charge in [-0.05, 0) is 47.8 Å². The summed E-state index contributed by atoms with van der Waals surface area (Å²) in [6, 6.07) is 0. The van der Waals surface area contributed by atoms with Gasteiger partial charge >= 0.3 is 0 Å². The van der Waals surface area contributed by atoms with Crippen LogP contribution in [0.15, 0.2) is 16.5 Å². The van der Waals surface area contributed by atoms with Crippen LogP contribution in [0.1, 0.15) is 0 Å². The van der Waals surface area contributed by atoms with Gasteiger partial charge in [0.2, 0.25) is 7.57 Å². The van der Waals surface area contributed by atoms with E-state index in [0.717, 1.165) is 13.6 Å². The Balaban J connectivity index is 3.36. The molecule has 1 aromatic heterocycles. The molecule has 6 heteroatoms. The Labute approximate surface area is 110 Å². The number of halogens is 5. The minimum absolute atomic E-state index is 0.132. The molecule has 0 bridgehead atoms. The zero-order valence-electron chi connectivity index (χ0n) is 5.01. The van der Waals surface area contributed by atoms with Gasteiger partial charge in [0.05, 0.1) is 0 Å². The van der Waals surface area contributed by atoms with E-state index in [1.165, 1.54) is 7.57 Å². The van der Waals surface area contributed by atoms with Crippen molar-refractivity contribution in [1.82, 2.24) is 0 Å². The molecule has 62 valence electrons. The lowest BCUT2D eigenvalue weighted by molar-refractivity contribution is 1.72. The molecule has 1 aromatic rings. The van der Waals surface area contributed by atoms with Crippen LogP contribution in [0.4, 0.5) is 0 Å². The standard InChI is InChI=1S/C5H2Br5S/c6-1-11-4(9)2(7)3(8)5(11)10/h1H2/q+1. The van der Waals surface area contributed by atoms with E-state index in [9.17, 15) is 0 Å². The first kappa shape index (κ1) is 11.2. The van der Waals surface area contributed by atoms with E-state index >= 15 is 0 Å². The highest BCUT2D eigenvalue weighted by atomic mass is 79.9. The average Bonchev–Trinajstić information content (AvgIpc) is 2.17. The Bertz CT molecular complexity index is 253. The van der Waals surface area contributed by atoms with Gasteiger partial charge < -0.3 is 0 Å². The summed E-state index contributed by atoms with van der Waals surface area (Å²) >= 11 is 17.5. The summed E-state index contributed by atoms with van der Waals surface area (Å²) in [5.74, 6) is 0. The Hall–Kier alpha value is 2.10. The molecule has 0 fully saturated rings. The number of thiophene rings is 1. The molecule has 0 amide bonds. The van der Waals surface area contributed by atoms with E-state index in [2.05, 4.69) is 79.6 Å². The molecule has 0 aliphatic carbocycles. The molecule has 0 aliphatic rings. The molecule has 0 saturated carbocycles. The first-order valence-electron chi connectivity index (χ1n) is 2.47. The molecule has 0 nitrogen and oxygen atoms in total. The van der Waals surface area contributed by atoms with E-state index in [1.54, 1.807) is 0 Å². The van der Waals surface area contributed by atoms with Gasteiger partial charge in [-0.3, -0.25) is 0 Å². The third-order valence-electron chi connectivity index (χ3n) is 1.08. The van der Waals surface area contributed by atoms with Gasteiger partial charge in [-0.1, -0.05) is 0 Å². The quantitative estimate of drug-likeness (QED) is 0.341. The van der Waals surface area contributed by atoms with Crippen molar-refractivity contribution < 1.29 is 0 Å².